The van der Waals surface area contributed by atoms with Gasteiger partial charge in [-0.25, -0.2) is 0 Å². The molecule has 0 saturated carbocycles. The van der Waals surface area contributed by atoms with E-state index in [2.05, 4.69) is 4.74 Å². The standard InChI is InChI=1S/C12H15ClO4/c1-7-5-8(13)3-4-9(7)12(16)10(14)6-11(15)17-2/h3-5,10,12,14,16H,6H2,1-2H3. The summed E-state index contributed by atoms with van der Waals surface area (Å²) in [6, 6.07) is 4.94. The van der Waals surface area contributed by atoms with E-state index in [1.807, 2.05) is 0 Å². The van der Waals surface area contributed by atoms with Crippen molar-refractivity contribution >= 4 is 17.6 Å². The van der Waals surface area contributed by atoms with Crippen LogP contribution < -0.4 is 0 Å². The van der Waals surface area contributed by atoms with E-state index in [1.165, 1.54) is 7.11 Å². The van der Waals surface area contributed by atoms with Crippen LogP contribution in [0.2, 0.25) is 5.02 Å². The number of benzene rings is 1. The highest BCUT2D eigenvalue weighted by Gasteiger charge is 2.23. The SMILES string of the molecule is COC(=O)CC(O)C(O)c1ccc(Cl)cc1C. The second kappa shape index (κ2) is 6.00. The molecule has 0 heterocycles. The van der Waals surface area contributed by atoms with Crippen molar-refractivity contribution in [1.82, 2.24) is 0 Å². The number of halogens is 1. The minimum Gasteiger partial charge on any atom is -0.469 e. The Hall–Kier alpha value is -1.10. The molecule has 0 saturated heterocycles. The molecule has 0 fully saturated rings. The average Bonchev–Trinajstić information content (AvgIpc) is 2.28. The van der Waals surface area contributed by atoms with Crippen LogP contribution in [-0.2, 0) is 9.53 Å². The molecule has 0 bridgehead atoms. The number of rotatable bonds is 4. The molecule has 0 amide bonds. The maximum Gasteiger partial charge on any atom is 0.308 e. The molecule has 4 nitrogen and oxygen atoms in total. The molecule has 2 atom stereocenters. The van der Waals surface area contributed by atoms with E-state index in [0.29, 0.717) is 10.6 Å². The predicted octanol–water partition coefficient (Wildman–Crippen LogP) is 1.61. The summed E-state index contributed by atoms with van der Waals surface area (Å²) in [5, 5.41) is 20.1. The average molecular weight is 259 g/mol. The molecule has 0 aliphatic carbocycles. The van der Waals surface area contributed by atoms with Crippen molar-refractivity contribution in [2.45, 2.75) is 25.6 Å². The van der Waals surface area contributed by atoms with Gasteiger partial charge in [-0.15, -0.1) is 0 Å². The van der Waals surface area contributed by atoms with Gasteiger partial charge in [-0.3, -0.25) is 4.79 Å². The molecule has 1 aromatic rings. The monoisotopic (exact) mass is 258 g/mol. The zero-order chi connectivity index (χ0) is 13.0. The second-order valence-corrected chi connectivity index (χ2v) is 4.23. The Morgan fingerprint density at radius 1 is 1.47 bits per heavy atom. The fourth-order valence-corrected chi connectivity index (χ4v) is 1.77. The van der Waals surface area contributed by atoms with Crippen LogP contribution in [-0.4, -0.2) is 29.4 Å². The molecule has 17 heavy (non-hydrogen) atoms. The third-order valence-corrected chi connectivity index (χ3v) is 2.75. The molecule has 1 aromatic carbocycles. The Morgan fingerprint density at radius 3 is 2.65 bits per heavy atom. The Bertz CT molecular complexity index is 405. The van der Waals surface area contributed by atoms with E-state index in [0.717, 1.165) is 5.56 Å². The highest BCUT2D eigenvalue weighted by atomic mass is 35.5. The van der Waals surface area contributed by atoms with Crippen molar-refractivity contribution < 1.29 is 19.7 Å². The van der Waals surface area contributed by atoms with Crippen LogP contribution in [0.15, 0.2) is 18.2 Å². The van der Waals surface area contributed by atoms with Crippen molar-refractivity contribution in [3.8, 4) is 0 Å². The third kappa shape index (κ3) is 3.70. The summed E-state index contributed by atoms with van der Waals surface area (Å²) in [5.41, 5.74) is 1.31. The Labute approximate surface area is 105 Å². The van der Waals surface area contributed by atoms with Crippen LogP contribution in [0.25, 0.3) is 0 Å². The summed E-state index contributed by atoms with van der Waals surface area (Å²) in [7, 11) is 1.23. The number of methoxy groups -OCH3 is 1. The number of carbonyl (C=O) groups is 1. The van der Waals surface area contributed by atoms with Gasteiger partial charge in [-0.05, 0) is 30.2 Å². The topological polar surface area (TPSA) is 66.8 Å². The van der Waals surface area contributed by atoms with Crippen LogP contribution >= 0.6 is 11.6 Å². The largest absolute Gasteiger partial charge is 0.469 e. The molecule has 0 radical (unpaired) electrons. The van der Waals surface area contributed by atoms with E-state index in [1.54, 1.807) is 25.1 Å². The van der Waals surface area contributed by atoms with Gasteiger partial charge in [0.15, 0.2) is 0 Å². The zero-order valence-corrected chi connectivity index (χ0v) is 10.4. The number of hydrogen-bond acceptors (Lipinski definition) is 4. The van der Waals surface area contributed by atoms with Crippen molar-refractivity contribution in [2.75, 3.05) is 7.11 Å². The van der Waals surface area contributed by atoms with Crippen LogP contribution in [0.4, 0.5) is 0 Å². The van der Waals surface area contributed by atoms with E-state index in [4.69, 9.17) is 11.6 Å². The Morgan fingerprint density at radius 2 is 2.12 bits per heavy atom. The quantitative estimate of drug-likeness (QED) is 0.805. The highest BCUT2D eigenvalue weighted by molar-refractivity contribution is 6.30. The molecule has 0 aliphatic heterocycles. The normalized spacial score (nSPS) is 14.2. The number of aryl methyl sites for hydroxylation is 1. The molecule has 0 aliphatic rings. The second-order valence-electron chi connectivity index (χ2n) is 3.79. The lowest BCUT2D eigenvalue weighted by atomic mass is 9.98. The first-order chi connectivity index (χ1) is 7.95. The number of ether oxygens (including phenoxy) is 1. The van der Waals surface area contributed by atoms with Crippen molar-refractivity contribution in [3.05, 3.63) is 34.3 Å². The lowest BCUT2D eigenvalue weighted by molar-refractivity contribution is -0.144. The van der Waals surface area contributed by atoms with Crippen molar-refractivity contribution in [3.63, 3.8) is 0 Å². The van der Waals surface area contributed by atoms with Gasteiger partial charge < -0.3 is 14.9 Å². The van der Waals surface area contributed by atoms with E-state index >= 15 is 0 Å². The highest BCUT2D eigenvalue weighted by Crippen LogP contribution is 2.25. The smallest absolute Gasteiger partial charge is 0.308 e. The first-order valence-corrected chi connectivity index (χ1v) is 5.52. The number of esters is 1. The lowest BCUT2D eigenvalue weighted by Crippen LogP contribution is -2.23. The number of carbonyl (C=O) groups excluding carboxylic acids is 1. The molecular weight excluding hydrogens is 244 g/mol. The first kappa shape index (κ1) is 14.0. The third-order valence-electron chi connectivity index (χ3n) is 2.52. The van der Waals surface area contributed by atoms with Gasteiger partial charge in [0.1, 0.15) is 6.10 Å². The molecule has 5 heteroatoms. The maximum atomic E-state index is 11.0. The van der Waals surface area contributed by atoms with Crippen LogP contribution in [0.1, 0.15) is 23.7 Å². The molecule has 2 unspecified atom stereocenters. The van der Waals surface area contributed by atoms with Gasteiger partial charge in [0, 0.05) is 5.02 Å². The minimum atomic E-state index is -1.19. The summed E-state index contributed by atoms with van der Waals surface area (Å²) < 4.78 is 4.43. The fraction of sp³-hybridized carbons (Fsp3) is 0.417. The molecule has 0 aromatic heterocycles. The van der Waals surface area contributed by atoms with Crippen molar-refractivity contribution in [1.29, 1.82) is 0 Å². The van der Waals surface area contributed by atoms with Gasteiger partial charge in [0.05, 0.1) is 19.6 Å². The van der Waals surface area contributed by atoms with E-state index in [-0.39, 0.29) is 6.42 Å². The van der Waals surface area contributed by atoms with Gasteiger partial charge in [0.2, 0.25) is 0 Å². The fourth-order valence-electron chi connectivity index (χ4n) is 1.54. The molecule has 0 spiro atoms. The van der Waals surface area contributed by atoms with Crippen LogP contribution in [0.5, 0.6) is 0 Å². The summed E-state index contributed by atoms with van der Waals surface area (Å²) >= 11 is 5.79. The van der Waals surface area contributed by atoms with E-state index in [9.17, 15) is 15.0 Å². The molecule has 2 N–H and O–H groups in total. The Balaban J connectivity index is 2.81. The summed E-state index contributed by atoms with van der Waals surface area (Å²) in [6.07, 6.45) is -2.58. The van der Waals surface area contributed by atoms with Gasteiger partial charge in [-0.1, -0.05) is 17.7 Å². The lowest BCUT2D eigenvalue weighted by Gasteiger charge is -2.19. The number of hydrogen-bond donors (Lipinski definition) is 2. The van der Waals surface area contributed by atoms with Gasteiger partial charge >= 0.3 is 5.97 Å². The molecule has 94 valence electrons. The minimum absolute atomic E-state index is 0.250. The summed E-state index contributed by atoms with van der Waals surface area (Å²) in [5.74, 6) is -0.567. The number of aliphatic hydroxyl groups is 2. The predicted molar refractivity (Wildman–Crippen MR) is 63.8 cm³/mol. The molecular formula is C12H15ClO4. The van der Waals surface area contributed by atoms with Crippen LogP contribution in [0, 0.1) is 6.92 Å². The zero-order valence-electron chi connectivity index (χ0n) is 9.68. The first-order valence-electron chi connectivity index (χ1n) is 5.14. The van der Waals surface area contributed by atoms with Gasteiger partial charge in [0.25, 0.3) is 0 Å². The van der Waals surface area contributed by atoms with Gasteiger partial charge in [-0.2, -0.15) is 0 Å². The van der Waals surface area contributed by atoms with E-state index < -0.39 is 18.2 Å². The summed E-state index contributed by atoms with van der Waals surface area (Å²) in [6.45, 7) is 1.77. The Kier molecular flexibility index (Phi) is 4.93. The van der Waals surface area contributed by atoms with Crippen LogP contribution in [0.3, 0.4) is 0 Å². The summed E-state index contributed by atoms with van der Waals surface area (Å²) in [4.78, 5) is 11.0. The number of aliphatic hydroxyl groups excluding tert-OH is 2. The van der Waals surface area contributed by atoms with Crippen molar-refractivity contribution in [2.24, 2.45) is 0 Å². The maximum absolute atomic E-state index is 11.0. The molecule has 1 rings (SSSR count).